The van der Waals surface area contributed by atoms with Crippen LogP contribution in [0, 0.1) is 0 Å². The maximum absolute atomic E-state index is 12.3. The third-order valence-corrected chi connectivity index (χ3v) is 5.35. The predicted octanol–water partition coefficient (Wildman–Crippen LogP) is 1.92. The number of sulfonamides is 1. The SMILES string of the molecule is CC(C)c1nnc(NS(=O)(=O)c2ccccc2CN)s1. The van der Waals surface area contributed by atoms with Gasteiger partial charge < -0.3 is 5.73 Å². The van der Waals surface area contributed by atoms with Gasteiger partial charge in [0.15, 0.2) is 0 Å². The zero-order chi connectivity index (χ0) is 14.8. The standard InChI is InChI=1S/C12H16N4O2S2/c1-8(2)11-14-15-12(19-11)16-20(17,18)10-6-4-3-5-9(10)7-13/h3-6,8H,7,13H2,1-2H3,(H,15,16). The first-order valence-corrected chi connectivity index (χ1v) is 8.38. The zero-order valence-electron chi connectivity index (χ0n) is 11.2. The van der Waals surface area contributed by atoms with E-state index in [4.69, 9.17) is 5.73 Å². The highest BCUT2D eigenvalue weighted by Gasteiger charge is 2.20. The second-order valence-corrected chi connectivity index (χ2v) is 7.18. The highest BCUT2D eigenvalue weighted by Crippen LogP contribution is 2.25. The van der Waals surface area contributed by atoms with Gasteiger partial charge in [0.1, 0.15) is 5.01 Å². The molecule has 1 aromatic carbocycles. The Balaban J connectivity index is 2.31. The molecule has 1 aromatic heterocycles. The van der Waals surface area contributed by atoms with Crippen molar-refractivity contribution >= 4 is 26.5 Å². The van der Waals surface area contributed by atoms with Gasteiger partial charge >= 0.3 is 0 Å². The molecule has 0 aliphatic rings. The van der Waals surface area contributed by atoms with Crippen molar-refractivity contribution in [2.75, 3.05) is 4.72 Å². The monoisotopic (exact) mass is 312 g/mol. The van der Waals surface area contributed by atoms with Gasteiger partial charge in [-0.05, 0) is 11.6 Å². The number of aromatic nitrogens is 2. The summed E-state index contributed by atoms with van der Waals surface area (Å²) in [6.07, 6.45) is 0. The molecule has 0 fully saturated rings. The van der Waals surface area contributed by atoms with Gasteiger partial charge in [0.2, 0.25) is 5.13 Å². The number of hydrogen-bond acceptors (Lipinski definition) is 6. The van der Waals surface area contributed by atoms with Crippen LogP contribution in [0.15, 0.2) is 29.2 Å². The normalized spacial score (nSPS) is 11.8. The van der Waals surface area contributed by atoms with Crippen molar-refractivity contribution in [2.24, 2.45) is 5.73 Å². The van der Waals surface area contributed by atoms with Crippen LogP contribution in [-0.4, -0.2) is 18.6 Å². The van der Waals surface area contributed by atoms with Crippen LogP contribution in [0.1, 0.15) is 30.3 Å². The average Bonchev–Trinajstić information content (AvgIpc) is 2.86. The van der Waals surface area contributed by atoms with E-state index < -0.39 is 10.0 Å². The van der Waals surface area contributed by atoms with Crippen LogP contribution in [0.2, 0.25) is 0 Å². The van der Waals surface area contributed by atoms with Gasteiger partial charge in [-0.2, -0.15) is 0 Å². The molecule has 108 valence electrons. The van der Waals surface area contributed by atoms with E-state index in [1.807, 2.05) is 13.8 Å². The molecule has 0 unspecified atom stereocenters. The Bertz CT molecular complexity index is 695. The summed E-state index contributed by atoms with van der Waals surface area (Å²) in [7, 11) is -3.69. The quantitative estimate of drug-likeness (QED) is 0.879. The van der Waals surface area contributed by atoms with Gasteiger partial charge in [0, 0.05) is 12.5 Å². The van der Waals surface area contributed by atoms with Crippen LogP contribution >= 0.6 is 11.3 Å². The Labute approximate surface area is 122 Å². The molecule has 1 heterocycles. The molecular formula is C12H16N4O2S2. The minimum absolute atomic E-state index is 0.157. The van der Waals surface area contributed by atoms with E-state index in [0.29, 0.717) is 5.56 Å². The van der Waals surface area contributed by atoms with Gasteiger partial charge in [-0.3, -0.25) is 4.72 Å². The summed E-state index contributed by atoms with van der Waals surface area (Å²) in [5.74, 6) is 0.210. The summed E-state index contributed by atoms with van der Waals surface area (Å²) in [5, 5.41) is 8.85. The number of nitrogens with one attached hydrogen (secondary N) is 1. The van der Waals surface area contributed by atoms with E-state index in [9.17, 15) is 8.42 Å². The van der Waals surface area contributed by atoms with Crippen LogP contribution < -0.4 is 10.5 Å². The topological polar surface area (TPSA) is 98.0 Å². The molecule has 0 aliphatic heterocycles. The van der Waals surface area contributed by atoms with Gasteiger partial charge in [0.05, 0.1) is 4.90 Å². The molecule has 0 bridgehead atoms. The van der Waals surface area contributed by atoms with Gasteiger partial charge in [-0.15, -0.1) is 10.2 Å². The molecule has 3 N–H and O–H groups in total. The van der Waals surface area contributed by atoms with Gasteiger partial charge in [0.25, 0.3) is 10.0 Å². The molecule has 20 heavy (non-hydrogen) atoms. The fourth-order valence-corrected chi connectivity index (χ4v) is 3.84. The number of anilines is 1. The molecule has 0 radical (unpaired) electrons. The van der Waals surface area contributed by atoms with E-state index in [-0.39, 0.29) is 22.5 Å². The highest BCUT2D eigenvalue weighted by atomic mass is 32.2. The molecule has 0 spiro atoms. The number of benzene rings is 1. The predicted molar refractivity (Wildman–Crippen MR) is 79.1 cm³/mol. The first-order valence-electron chi connectivity index (χ1n) is 6.08. The Morgan fingerprint density at radius 3 is 2.60 bits per heavy atom. The third kappa shape index (κ3) is 3.14. The molecule has 2 aromatic rings. The molecule has 0 aliphatic carbocycles. The number of rotatable bonds is 5. The second-order valence-electron chi connectivity index (χ2n) is 4.52. The molecule has 8 heteroatoms. The third-order valence-electron chi connectivity index (χ3n) is 2.64. The maximum atomic E-state index is 12.3. The lowest BCUT2D eigenvalue weighted by atomic mass is 10.2. The van der Waals surface area contributed by atoms with E-state index >= 15 is 0 Å². The van der Waals surface area contributed by atoms with Crippen molar-refractivity contribution in [1.82, 2.24) is 10.2 Å². The highest BCUT2D eigenvalue weighted by molar-refractivity contribution is 7.93. The zero-order valence-corrected chi connectivity index (χ0v) is 12.8. The molecule has 0 amide bonds. The molecule has 0 atom stereocenters. The second kappa shape index (κ2) is 5.86. The summed E-state index contributed by atoms with van der Waals surface area (Å²) in [5.41, 5.74) is 6.13. The van der Waals surface area contributed by atoms with Crippen LogP contribution in [0.25, 0.3) is 0 Å². The molecule has 2 rings (SSSR count). The largest absolute Gasteiger partial charge is 0.326 e. The number of nitrogens with two attached hydrogens (primary N) is 1. The van der Waals surface area contributed by atoms with E-state index in [0.717, 1.165) is 5.01 Å². The summed E-state index contributed by atoms with van der Waals surface area (Å²) < 4.78 is 27.1. The number of nitrogens with zero attached hydrogens (tertiary/aromatic N) is 2. The van der Waals surface area contributed by atoms with Crippen molar-refractivity contribution in [3.8, 4) is 0 Å². The lowest BCUT2D eigenvalue weighted by Gasteiger charge is -2.08. The molecule has 0 saturated carbocycles. The summed E-state index contributed by atoms with van der Waals surface area (Å²) in [4.78, 5) is 0.170. The van der Waals surface area contributed by atoms with Crippen LogP contribution in [-0.2, 0) is 16.6 Å². The minimum atomic E-state index is -3.69. The van der Waals surface area contributed by atoms with E-state index in [2.05, 4.69) is 14.9 Å². The van der Waals surface area contributed by atoms with E-state index in [1.54, 1.807) is 18.2 Å². The van der Waals surface area contributed by atoms with Crippen molar-refractivity contribution in [2.45, 2.75) is 31.2 Å². The van der Waals surface area contributed by atoms with Crippen LogP contribution in [0.5, 0.6) is 0 Å². The van der Waals surface area contributed by atoms with Gasteiger partial charge in [-0.25, -0.2) is 8.42 Å². The first-order chi connectivity index (χ1) is 9.44. The lowest BCUT2D eigenvalue weighted by molar-refractivity contribution is 0.600. The summed E-state index contributed by atoms with van der Waals surface area (Å²) in [6.45, 7) is 4.11. The van der Waals surface area contributed by atoms with E-state index in [1.165, 1.54) is 17.4 Å². The first kappa shape index (κ1) is 14.9. The van der Waals surface area contributed by atoms with Crippen LogP contribution in [0.3, 0.4) is 0 Å². The van der Waals surface area contributed by atoms with Crippen molar-refractivity contribution in [1.29, 1.82) is 0 Å². The molecule has 6 nitrogen and oxygen atoms in total. The summed E-state index contributed by atoms with van der Waals surface area (Å²) in [6, 6.07) is 6.62. The Morgan fingerprint density at radius 2 is 2.00 bits per heavy atom. The Morgan fingerprint density at radius 1 is 1.30 bits per heavy atom. The summed E-state index contributed by atoms with van der Waals surface area (Å²) >= 11 is 1.23. The minimum Gasteiger partial charge on any atom is -0.326 e. The number of hydrogen-bond donors (Lipinski definition) is 2. The fourth-order valence-electron chi connectivity index (χ4n) is 1.61. The maximum Gasteiger partial charge on any atom is 0.264 e. The lowest BCUT2D eigenvalue weighted by Crippen LogP contribution is -2.16. The van der Waals surface area contributed by atoms with Crippen molar-refractivity contribution in [3.05, 3.63) is 34.8 Å². The van der Waals surface area contributed by atoms with Crippen LogP contribution in [0.4, 0.5) is 5.13 Å². The average molecular weight is 312 g/mol. The Kier molecular flexibility index (Phi) is 4.36. The fraction of sp³-hybridized carbons (Fsp3) is 0.333. The molecular weight excluding hydrogens is 296 g/mol. The van der Waals surface area contributed by atoms with Crippen molar-refractivity contribution < 1.29 is 8.42 Å². The smallest absolute Gasteiger partial charge is 0.264 e. The Hall–Kier alpha value is -1.51. The van der Waals surface area contributed by atoms with Gasteiger partial charge in [-0.1, -0.05) is 43.4 Å². The van der Waals surface area contributed by atoms with Crippen molar-refractivity contribution in [3.63, 3.8) is 0 Å². The molecule has 0 saturated heterocycles.